The monoisotopic (exact) mass is 502 g/mol. The molecule has 5 atom stereocenters. The van der Waals surface area contributed by atoms with Gasteiger partial charge in [0.15, 0.2) is 23.1 Å². The van der Waals surface area contributed by atoms with Gasteiger partial charge in [0.1, 0.15) is 12.2 Å². The summed E-state index contributed by atoms with van der Waals surface area (Å²) >= 11 is 0. The number of anilines is 1. The fourth-order valence-electron chi connectivity index (χ4n) is 3.88. The van der Waals surface area contributed by atoms with E-state index in [-0.39, 0.29) is 43.2 Å². The number of aromatic nitrogens is 4. The number of rotatable bonds is 8. The molecule has 4 rings (SSSR count). The van der Waals surface area contributed by atoms with Gasteiger partial charge in [-0.05, 0) is 27.7 Å². The van der Waals surface area contributed by atoms with Gasteiger partial charge < -0.3 is 19.9 Å². The van der Waals surface area contributed by atoms with Gasteiger partial charge in [0.25, 0.3) is 0 Å². The smallest absolute Gasteiger partial charge is 0.406 e. The second kappa shape index (κ2) is 9.34. The number of halogens is 1. The molecular weight excluding hydrogens is 474 g/mol. The molecule has 0 aromatic carbocycles. The highest BCUT2D eigenvalue weighted by molar-refractivity contribution is 7.51. The molecular formula is C19H28FN6O7P. The van der Waals surface area contributed by atoms with Crippen LogP contribution in [0.5, 0.6) is 5.88 Å². The van der Waals surface area contributed by atoms with Gasteiger partial charge in [-0.25, -0.2) is 19.0 Å². The summed E-state index contributed by atoms with van der Waals surface area (Å²) in [4.78, 5) is 24.1. The normalized spacial score (nSPS) is 31.1. The Morgan fingerprint density at radius 2 is 2.24 bits per heavy atom. The molecule has 2 aromatic rings. The lowest BCUT2D eigenvalue weighted by atomic mass is 9.98. The topological polar surface area (TPSA) is 162 Å². The van der Waals surface area contributed by atoms with Crippen molar-refractivity contribution in [2.75, 3.05) is 25.5 Å². The van der Waals surface area contributed by atoms with Crippen LogP contribution >= 0.6 is 7.75 Å². The summed E-state index contributed by atoms with van der Waals surface area (Å²) in [5, 5.41) is 2.58. The minimum absolute atomic E-state index is 0.0317. The molecule has 2 aliphatic heterocycles. The maximum absolute atomic E-state index is 16.1. The van der Waals surface area contributed by atoms with E-state index in [9.17, 15) is 9.36 Å². The Balaban J connectivity index is 1.51. The van der Waals surface area contributed by atoms with Crippen LogP contribution in [0.15, 0.2) is 6.33 Å². The van der Waals surface area contributed by atoms with Gasteiger partial charge in [-0.15, -0.1) is 0 Å². The third-order valence-corrected chi connectivity index (χ3v) is 6.89. The molecule has 3 N–H and O–H groups in total. The predicted octanol–water partition coefficient (Wildman–Crippen LogP) is 1.89. The zero-order valence-electron chi connectivity index (χ0n) is 19.3. The van der Waals surface area contributed by atoms with Gasteiger partial charge in [0.2, 0.25) is 11.8 Å². The van der Waals surface area contributed by atoms with Crippen LogP contribution in [0.3, 0.4) is 0 Å². The molecule has 34 heavy (non-hydrogen) atoms. The van der Waals surface area contributed by atoms with Crippen molar-refractivity contribution >= 4 is 30.8 Å². The fourth-order valence-corrected chi connectivity index (χ4v) is 5.47. The second-order valence-electron chi connectivity index (χ2n) is 8.34. The first-order valence-corrected chi connectivity index (χ1v) is 12.4. The van der Waals surface area contributed by atoms with Crippen molar-refractivity contribution in [3.8, 4) is 5.88 Å². The molecule has 0 spiro atoms. The Morgan fingerprint density at radius 3 is 2.94 bits per heavy atom. The minimum Gasteiger partial charge on any atom is -0.476 e. The molecule has 4 heterocycles. The summed E-state index contributed by atoms with van der Waals surface area (Å²) in [7, 11) is -3.90. The molecule has 188 valence electrons. The van der Waals surface area contributed by atoms with Crippen LogP contribution in [0.1, 0.15) is 40.3 Å². The highest BCUT2D eigenvalue weighted by atomic mass is 31.2. The zero-order valence-corrected chi connectivity index (χ0v) is 20.2. The fraction of sp³-hybridized carbons (Fsp3) is 0.684. The van der Waals surface area contributed by atoms with E-state index in [1.165, 1.54) is 17.8 Å². The lowest BCUT2D eigenvalue weighted by Crippen LogP contribution is -2.46. The molecule has 2 aromatic heterocycles. The van der Waals surface area contributed by atoms with Crippen molar-refractivity contribution in [2.45, 2.75) is 64.3 Å². The van der Waals surface area contributed by atoms with Gasteiger partial charge in [0.05, 0.1) is 32.1 Å². The summed E-state index contributed by atoms with van der Waals surface area (Å²) in [5.41, 5.74) is 4.16. The molecule has 0 aliphatic carbocycles. The highest BCUT2D eigenvalue weighted by Crippen LogP contribution is 2.56. The van der Waals surface area contributed by atoms with Crippen LogP contribution < -0.4 is 15.6 Å². The number of carbonyl (C=O) groups excluding carboxylic acids is 1. The van der Waals surface area contributed by atoms with Crippen molar-refractivity contribution in [1.82, 2.24) is 24.6 Å². The van der Waals surface area contributed by atoms with Gasteiger partial charge in [-0.1, -0.05) is 0 Å². The van der Waals surface area contributed by atoms with Crippen molar-refractivity contribution in [1.29, 1.82) is 0 Å². The number of alkyl halides is 1. The first-order chi connectivity index (χ1) is 16.0. The van der Waals surface area contributed by atoms with E-state index in [0.717, 1.165) is 0 Å². The number of esters is 1. The third kappa shape index (κ3) is 4.73. The van der Waals surface area contributed by atoms with Gasteiger partial charge in [-0.2, -0.15) is 9.97 Å². The summed E-state index contributed by atoms with van der Waals surface area (Å²) in [6.07, 6.45) is -2.28. The molecule has 0 bridgehead atoms. The molecule has 2 saturated heterocycles. The van der Waals surface area contributed by atoms with Crippen LogP contribution in [0.2, 0.25) is 0 Å². The van der Waals surface area contributed by atoms with E-state index in [4.69, 9.17) is 29.0 Å². The lowest BCUT2D eigenvalue weighted by Gasteiger charge is -2.34. The molecule has 2 aliphatic rings. The number of imidazole rings is 1. The van der Waals surface area contributed by atoms with Crippen molar-refractivity contribution in [3.05, 3.63) is 6.33 Å². The lowest BCUT2D eigenvalue weighted by molar-refractivity contribution is -0.147. The average Bonchev–Trinajstić information content (AvgIpc) is 3.26. The first kappa shape index (κ1) is 24.7. The maximum atomic E-state index is 16.1. The Hall–Kier alpha value is -2.38. The predicted molar refractivity (Wildman–Crippen MR) is 117 cm³/mol. The highest BCUT2D eigenvalue weighted by Gasteiger charge is 2.61. The number of fused-ring (bicyclic) bond motifs is 2. The second-order valence-corrected chi connectivity index (χ2v) is 10.1. The molecule has 0 saturated carbocycles. The van der Waals surface area contributed by atoms with E-state index in [1.54, 1.807) is 20.8 Å². The van der Waals surface area contributed by atoms with Crippen molar-refractivity contribution < 1.29 is 37.0 Å². The zero-order chi connectivity index (χ0) is 24.7. The molecule has 0 amide bonds. The molecule has 13 nitrogen and oxygen atoms in total. The quantitative estimate of drug-likeness (QED) is 0.399. The van der Waals surface area contributed by atoms with Gasteiger partial charge in [0, 0.05) is 6.54 Å². The summed E-state index contributed by atoms with van der Waals surface area (Å²) in [6.45, 7) is 6.61. The van der Waals surface area contributed by atoms with Crippen LogP contribution in [0.4, 0.5) is 10.3 Å². The number of hydrogen-bond acceptors (Lipinski definition) is 11. The van der Waals surface area contributed by atoms with E-state index in [1.807, 2.05) is 0 Å². The Morgan fingerprint density at radius 1 is 1.47 bits per heavy atom. The molecule has 0 radical (unpaired) electrons. The van der Waals surface area contributed by atoms with Crippen LogP contribution in [-0.4, -0.2) is 69.2 Å². The van der Waals surface area contributed by atoms with Gasteiger partial charge in [-0.3, -0.25) is 18.4 Å². The molecule has 15 heteroatoms. The first-order valence-electron chi connectivity index (χ1n) is 10.9. The minimum atomic E-state index is -3.90. The number of nitrogens with one attached hydrogen (secondary N) is 1. The summed E-state index contributed by atoms with van der Waals surface area (Å²) in [5.74, 6) is -0.370. The molecule has 2 fully saturated rings. The van der Waals surface area contributed by atoms with Crippen molar-refractivity contribution in [3.63, 3.8) is 0 Å². The number of hydrogen-bond donors (Lipinski definition) is 2. The average molecular weight is 502 g/mol. The van der Waals surface area contributed by atoms with Crippen LogP contribution in [0.25, 0.3) is 11.2 Å². The van der Waals surface area contributed by atoms with E-state index >= 15 is 4.39 Å². The largest absolute Gasteiger partial charge is 0.476 e. The van der Waals surface area contributed by atoms with E-state index in [0.29, 0.717) is 12.1 Å². The Bertz CT molecular complexity index is 1110. The van der Waals surface area contributed by atoms with Crippen LogP contribution in [-0.2, 0) is 27.9 Å². The number of carbonyl (C=O) groups is 1. The van der Waals surface area contributed by atoms with Crippen molar-refractivity contribution in [2.24, 2.45) is 0 Å². The number of nitrogens with two attached hydrogens (primary N) is 1. The summed E-state index contributed by atoms with van der Waals surface area (Å²) in [6, 6.07) is 0. The van der Waals surface area contributed by atoms with E-state index < -0.39 is 37.8 Å². The van der Waals surface area contributed by atoms with Gasteiger partial charge >= 0.3 is 13.7 Å². The number of nitrogens with zero attached hydrogens (tertiary/aromatic N) is 4. The number of nitrogen functional groups attached to an aromatic ring is 1. The molecule has 1 unspecified atom stereocenters. The standard InChI is InChI=1S/C19H28FN6O7P/c1-5-29-16-13-15(24-18(21)25-16)26(9-22-13)17-19(4,20)14-11(32-17)8-30-34(28,33-14)23-7-6-12(27)31-10(2)3/h9-11,14,17H,5-8H2,1-4H3,(H,23,28)(H2,21,24,25)/t11-,14-,17-,19-,34?/m1/s1. The van der Waals surface area contributed by atoms with E-state index in [2.05, 4.69) is 20.0 Å². The van der Waals surface area contributed by atoms with Crippen LogP contribution in [0, 0.1) is 0 Å². The maximum Gasteiger partial charge on any atom is 0.406 e. The summed E-state index contributed by atoms with van der Waals surface area (Å²) < 4.78 is 57.8. The number of ether oxygens (including phenoxy) is 3. The Labute approximate surface area is 195 Å². The Kier molecular flexibility index (Phi) is 6.80. The SMILES string of the molecule is CCOc1nc(N)nc2c1ncn2[C@@H]1O[C@@H]2COP(=O)(NCCC(=O)OC(C)C)O[C@H]2[C@@]1(C)F. The third-order valence-electron chi connectivity index (χ3n) is 5.28.